The van der Waals surface area contributed by atoms with Gasteiger partial charge in [-0.1, -0.05) is 48.0 Å². The predicted molar refractivity (Wildman–Crippen MR) is 120 cm³/mol. The Hall–Kier alpha value is -0.958. The molecular weight excluding hydrogens is 515 g/mol. The van der Waals surface area contributed by atoms with Crippen LogP contribution in [0.2, 0.25) is 0 Å². The molecule has 2 aromatic heterocycles. The summed E-state index contributed by atoms with van der Waals surface area (Å²) in [5, 5.41) is 8.10. The van der Waals surface area contributed by atoms with Crippen molar-refractivity contribution >= 4 is 68.0 Å². The minimum absolute atomic E-state index is 0. The van der Waals surface area contributed by atoms with E-state index in [-0.39, 0.29) is 20.4 Å². The molecule has 0 amide bonds. The van der Waals surface area contributed by atoms with Crippen molar-refractivity contribution in [3.05, 3.63) is 48.3 Å². The van der Waals surface area contributed by atoms with Gasteiger partial charge in [0, 0.05) is 20.4 Å². The molecule has 0 aliphatic rings. The molecule has 27 heavy (non-hydrogen) atoms. The summed E-state index contributed by atoms with van der Waals surface area (Å²) in [4.78, 5) is 0. The molecule has 2 N–H and O–H groups in total. The van der Waals surface area contributed by atoms with Crippen molar-refractivity contribution in [1.82, 2.24) is 10.9 Å². The van der Waals surface area contributed by atoms with E-state index in [0.29, 0.717) is 8.64 Å². The molecule has 0 bridgehead atoms. The van der Waals surface area contributed by atoms with E-state index in [9.17, 15) is 0 Å². The maximum atomic E-state index is 5.14. The third-order valence-corrected chi connectivity index (χ3v) is 4.86. The largest absolute Gasteiger partial charge is 0.463 e. The minimum atomic E-state index is 0. The molecule has 0 radical (unpaired) electrons. The van der Waals surface area contributed by atoms with Crippen LogP contribution in [-0.2, 0) is 20.4 Å². The maximum Gasteiger partial charge on any atom is 0.153 e. The fourth-order valence-electron chi connectivity index (χ4n) is 1.43. The van der Waals surface area contributed by atoms with Crippen LogP contribution < -0.4 is 10.9 Å². The molecule has 150 valence electrons. The van der Waals surface area contributed by atoms with E-state index < -0.39 is 0 Å². The van der Waals surface area contributed by atoms with Crippen molar-refractivity contribution < 1.29 is 29.3 Å². The predicted octanol–water partition coefficient (Wildman–Crippen LogP) is 4.48. The summed E-state index contributed by atoms with van der Waals surface area (Å²) in [5.41, 5.74) is 7.04. The quantitative estimate of drug-likeness (QED) is 0.257. The number of nitrogens with zero attached hydrogens (tertiary/aromatic N) is 2. The molecule has 0 aliphatic carbocycles. The number of rotatable bonds is 4. The number of hydrogen-bond acceptors (Lipinski definition) is 8. The van der Waals surface area contributed by atoms with Gasteiger partial charge in [-0.15, -0.1) is 0 Å². The Bertz CT molecular complexity index is 682. The van der Waals surface area contributed by atoms with Gasteiger partial charge in [-0.2, -0.15) is 10.2 Å². The Morgan fingerprint density at radius 2 is 1.22 bits per heavy atom. The molecule has 0 spiro atoms. The van der Waals surface area contributed by atoms with Crippen LogP contribution in [0.4, 0.5) is 0 Å². The smallest absolute Gasteiger partial charge is 0.153 e. The van der Waals surface area contributed by atoms with E-state index in [1.807, 2.05) is 50.6 Å². The van der Waals surface area contributed by atoms with Crippen LogP contribution in [-0.4, -0.2) is 32.6 Å². The van der Waals surface area contributed by atoms with Gasteiger partial charge in [-0.05, 0) is 50.6 Å². The van der Waals surface area contributed by atoms with Gasteiger partial charge >= 0.3 is 0 Å². The standard InChI is InChI=1S/2C8H10N2OS2.Pd/c2*1-6(7-4-3-5-11-7)9-10-8(12)13-2;/h2*3-5H,1-2H3,(H,10,12);. The summed E-state index contributed by atoms with van der Waals surface area (Å²) in [6.07, 6.45) is 7.02. The molecule has 0 saturated heterocycles. The average molecular weight is 535 g/mol. The number of thioether (sulfide) groups is 2. The van der Waals surface area contributed by atoms with Crippen molar-refractivity contribution in [3.63, 3.8) is 0 Å². The summed E-state index contributed by atoms with van der Waals surface area (Å²) in [6, 6.07) is 7.34. The number of thiocarbonyl (C=S) groups is 2. The Morgan fingerprint density at radius 1 is 0.852 bits per heavy atom. The first-order valence-electron chi connectivity index (χ1n) is 7.32. The fourth-order valence-corrected chi connectivity index (χ4v) is 1.79. The van der Waals surface area contributed by atoms with Crippen LogP contribution >= 0.6 is 48.0 Å². The van der Waals surface area contributed by atoms with Gasteiger partial charge in [-0.3, -0.25) is 10.9 Å². The van der Waals surface area contributed by atoms with Crippen LogP contribution in [0.3, 0.4) is 0 Å². The minimum Gasteiger partial charge on any atom is -0.463 e. The SMILES string of the molecule is CSC(=S)NN=C(C)c1ccco1.CSC(=S)NN=C(C)c1ccco1.[Pd]. The second-order valence-corrected chi connectivity index (χ2v) is 7.52. The third-order valence-electron chi connectivity index (χ3n) is 2.76. The van der Waals surface area contributed by atoms with Gasteiger partial charge in [0.25, 0.3) is 0 Å². The van der Waals surface area contributed by atoms with Gasteiger partial charge in [0.05, 0.1) is 12.5 Å². The number of hydrazone groups is 2. The van der Waals surface area contributed by atoms with E-state index in [1.54, 1.807) is 12.5 Å². The van der Waals surface area contributed by atoms with Crippen LogP contribution in [0.15, 0.2) is 55.8 Å². The number of furan rings is 2. The van der Waals surface area contributed by atoms with Crippen LogP contribution in [0.5, 0.6) is 0 Å². The summed E-state index contributed by atoms with van der Waals surface area (Å²) in [5.74, 6) is 1.49. The van der Waals surface area contributed by atoms with E-state index in [4.69, 9.17) is 33.3 Å². The first-order valence-corrected chi connectivity index (χ1v) is 10.6. The Balaban J connectivity index is 0.000000483. The van der Waals surface area contributed by atoms with Crippen LogP contribution in [0, 0.1) is 0 Å². The maximum absolute atomic E-state index is 5.14. The topological polar surface area (TPSA) is 75.1 Å². The number of nitrogens with one attached hydrogen (secondary N) is 2. The van der Waals surface area contributed by atoms with Crippen LogP contribution in [0.25, 0.3) is 0 Å². The second-order valence-electron chi connectivity index (χ2n) is 4.56. The van der Waals surface area contributed by atoms with Crippen LogP contribution in [0.1, 0.15) is 25.4 Å². The molecule has 2 rings (SSSR count). The zero-order valence-corrected chi connectivity index (χ0v) is 19.9. The first-order chi connectivity index (χ1) is 12.5. The molecule has 0 fully saturated rings. The van der Waals surface area contributed by atoms with Crippen molar-refractivity contribution in [2.24, 2.45) is 10.2 Å². The molecule has 0 unspecified atom stereocenters. The zero-order valence-electron chi connectivity index (χ0n) is 15.1. The normalized spacial score (nSPS) is 11.0. The average Bonchev–Trinajstić information content (AvgIpc) is 3.37. The molecule has 0 aromatic carbocycles. The van der Waals surface area contributed by atoms with Crippen molar-refractivity contribution in [3.8, 4) is 0 Å². The summed E-state index contributed by atoms with van der Waals surface area (Å²) in [6.45, 7) is 3.71. The Kier molecular flexibility index (Phi) is 14.5. The van der Waals surface area contributed by atoms with Gasteiger partial charge in [0.1, 0.15) is 22.9 Å². The fraction of sp³-hybridized carbons (Fsp3) is 0.250. The van der Waals surface area contributed by atoms with E-state index >= 15 is 0 Å². The van der Waals surface area contributed by atoms with E-state index in [1.165, 1.54) is 23.5 Å². The van der Waals surface area contributed by atoms with Gasteiger partial charge < -0.3 is 8.83 Å². The van der Waals surface area contributed by atoms with E-state index in [0.717, 1.165) is 22.9 Å². The van der Waals surface area contributed by atoms with Crippen molar-refractivity contribution in [1.29, 1.82) is 0 Å². The molecule has 0 saturated carbocycles. The van der Waals surface area contributed by atoms with Crippen molar-refractivity contribution in [2.45, 2.75) is 13.8 Å². The Morgan fingerprint density at radius 3 is 1.48 bits per heavy atom. The van der Waals surface area contributed by atoms with Gasteiger partial charge in [-0.25, -0.2) is 0 Å². The molecule has 2 aromatic rings. The molecule has 0 atom stereocenters. The summed E-state index contributed by atoms with van der Waals surface area (Å²) < 4.78 is 11.6. The molecule has 11 heteroatoms. The Labute approximate surface area is 192 Å². The monoisotopic (exact) mass is 534 g/mol. The van der Waals surface area contributed by atoms with Crippen molar-refractivity contribution in [2.75, 3.05) is 12.5 Å². The van der Waals surface area contributed by atoms with E-state index in [2.05, 4.69) is 21.1 Å². The molecule has 6 nitrogen and oxygen atoms in total. The molecule has 0 aliphatic heterocycles. The van der Waals surface area contributed by atoms with Gasteiger partial charge in [0.15, 0.2) is 8.64 Å². The third kappa shape index (κ3) is 10.8. The summed E-state index contributed by atoms with van der Waals surface area (Å²) in [7, 11) is 0. The molecule has 2 heterocycles. The number of hydrogen-bond donors (Lipinski definition) is 2. The second kappa shape index (κ2) is 15.0. The molecular formula is C16H20N4O2PdS4. The summed E-state index contributed by atoms with van der Waals surface area (Å²) >= 11 is 12.7. The zero-order chi connectivity index (χ0) is 19.4. The van der Waals surface area contributed by atoms with Gasteiger partial charge in [0.2, 0.25) is 0 Å². The first kappa shape index (κ1) is 26.0.